The minimum Gasteiger partial charge on any atom is -0.505 e. The molecule has 0 aliphatic carbocycles. The van der Waals surface area contributed by atoms with Gasteiger partial charge in [0.25, 0.3) is 0 Å². The summed E-state index contributed by atoms with van der Waals surface area (Å²) in [6, 6.07) is 13.4. The van der Waals surface area contributed by atoms with E-state index >= 15 is 0 Å². The van der Waals surface area contributed by atoms with Gasteiger partial charge >= 0.3 is 0 Å². The van der Waals surface area contributed by atoms with Gasteiger partial charge < -0.3 is 15.7 Å². The first-order valence-corrected chi connectivity index (χ1v) is 10.4. The summed E-state index contributed by atoms with van der Waals surface area (Å²) in [6.45, 7) is 0. The van der Waals surface area contributed by atoms with Crippen LogP contribution in [0, 0.1) is 0 Å². The number of nitrogens with one attached hydrogen (secondary N) is 2. The van der Waals surface area contributed by atoms with E-state index in [4.69, 9.17) is 23.2 Å². The summed E-state index contributed by atoms with van der Waals surface area (Å²) in [5.74, 6) is -0.0857. The van der Waals surface area contributed by atoms with E-state index in [-0.39, 0.29) is 15.8 Å². The number of halogens is 2. The van der Waals surface area contributed by atoms with Crippen molar-refractivity contribution >= 4 is 39.8 Å². The molecule has 2 saturated heterocycles. The van der Waals surface area contributed by atoms with Crippen LogP contribution in [-0.2, 0) is 0 Å². The topological polar surface area (TPSA) is 57.2 Å². The van der Waals surface area contributed by atoms with Crippen molar-refractivity contribution in [3.63, 3.8) is 0 Å². The predicted molar refractivity (Wildman–Crippen MR) is 115 cm³/mol. The maximum Gasteiger partial charge on any atom is 0.152 e. The molecule has 5 rings (SSSR count). The lowest BCUT2D eigenvalue weighted by molar-refractivity contribution is 0.378. The molecular weight excluding hydrogens is 393 g/mol. The Morgan fingerprint density at radius 1 is 0.964 bits per heavy atom. The standard InChI is InChI=1S/C22H21Cl2N3O/c23-18-8-13(9-19(24)22(18)28)12-1-4-20-17(7-12)21(5-6-25-20)27-16-10-14-2-3-15(11-16)26-14/h1,4-9,14-16,26,28H,2-3,10-11H2,(H,25,27)/t14-,15+,16?. The first kappa shape index (κ1) is 18.0. The normalized spacial score (nSPS) is 23.9. The van der Waals surface area contributed by atoms with Crippen molar-refractivity contribution in [1.29, 1.82) is 0 Å². The van der Waals surface area contributed by atoms with Crippen LogP contribution in [0.25, 0.3) is 22.0 Å². The quantitative estimate of drug-likeness (QED) is 0.522. The zero-order chi connectivity index (χ0) is 19.3. The second-order valence-electron chi connectivity index (χ2n) is 7.83. The van der Waals surface area contributed by atoms with E-state index in [9.17, 15) is 5.11 Å². The van der Waals surface area contributed by atoms with Crippen LogP contribution in [-0.4, -0.2) is 28.2 Å². The fraction of sp³-hybridized carbons (Fsp3) is 0.318. The Morgan fingerprint density at radius 2 is 1.68 bits per heavy atom. The Hall–Kier alpha value is -2.01. The van der Waals surface area contributed by atoms with E-state index in [1.807, 2.05) is 24.4 Å². The molecule has 0 saturated carbocycles. The number of hydrogen-bond acceptors (Lipinski definition) is 4. The lowest BCUT2D eigenvalue weighted by atomic mass is 9.98. The van der Waals surface area contributed by atoms with Crippen LogP contribution in [0.15, 0.2) is 42.6 Å². The number of benzene rings is 2. The fourth-order valence-electron chi connectivity index (χ4n) is 4.58. The molecule has 2 bridgehead atoms. The Labute approximate surface area is 173 Å². The molecule has 2 aromatic carbocycles. The number of phenols is 1. The molecule has 3 N–H and O–H groups in total. The number of phenolic OH excluding ortho intramolecular Hbond substituents is 1. The fourth-order valence-corrected chi connectivity index (χ4v) is 5.07. The van der Waals surface area contributed by atoms with Crippen LogP contribution in [0.2, 0.25) is 10.0 Å². The Kier molecular flexibility index (Phi) is 4.58. The van der Waals surface area contributed by atoms with Crippen LogP contribution in [0.1, 0.15) is 25.7 Å². The predicted octanol–water partition coefficient (Wildman–Crippen LogP) is 5.61. The summed E-state index contributed by atoms with van der Waals surface area (Å²) in [5, 5.41) is 18.9. The SMILES string of the molecule is Oc1c(Cl)cc(-c2ccc3nccc(NC4C[C@H]5CC[C@@H](C4)N5)c3c2)cc1Cl. The van der Waals surface area contributed by atoms with Gasteiger partial charge in [-0.2, -0.15) is 0 Å². The zero-order valence-corrected chi connectivity index (χ0v) is 16.8. The Bertz CT molecular complexity index is 1020. The maximum absolute atomic E-state index is 9.83. The van der Waals surface area contributed by atoms with Crippen molar-refractivity contribution in [3.05, 3.63) is 52.6 Å². The average molecular weight is 414 g/mol. The molecule has 1 aromatic heterocycles. The van der Waals surface area contributed by atoms with Gasteiger partial charge in [0, 0.05) is 35.4 Å². The van der Waals surface area contributed by atoms with Gasteiger partial charge in [-0.1, -0.05) is 29.3 Å². The van der Waals surface area contributed by atoms with Crippen LogP contribution in [0.5, 0.6) is 5.75 Å². The van der Waals surface area contributed by atoms with Crippen molar-refractivity contribution in [2.75, 3.05) is 5.32 Å². The number of fused-ring (bicyclic) bond motifs is 3. The Morgan fingerprint density at radius 3 is 2.39 bits per heavy atom. The monoisotopic (exact) mass is 413 g/mol. The maximum atomic E-state index is 9.83. The van der Waals surface area contributed by atoms with E-state index in [0.29, 0.717) is 18.1 Å². The molecule has 2 aliphatic rings. The molecule has 6 heteroatoms. The minimum atomic E-state index is -0.0857. The van der Waals surface area contributed by atoms with Crippen LogP contribution < -0.4 is 10.6 Å². The number of piperidine rings is 1. The second-order valence-corrected chi connectivity index (χ2v) is 8.64. The molecule has 2 aliphatic heterocycles. The van der Waals surface area contributed by atoms with Gasteiger partial charge in [0.05, 0.1) is 15.6 Å². The second kappa shape index (κ2) is 7.11. The first-order chi connectivity index (χ1) is 13.6. The highest BCUT2D eigenvalue weighted by Gasteiger charge is 2.33. The third-order valence-electron chi connectivity index (χ3n) is 5.92. The summed E-state index contributed by atoms with van der Waals surface area (Å²) in [7, 11) is 0. The van der Waals surface area contributed by atoms with Crippen molar-refractivity contribution in [3.8, 4) is 16.9 Å². The number of anilines is 1. The lowest BCUT2D eigenvalue weighted by Crippen LogP contribution is -2.43. The summed E-state index contributed by atoms with van der Waals surface area (Å²) >= 11 is 12.2. The van der Waals surface area contributed by atoms with Crippen molar-refractivity contribution in [2.24, 2.45) is 0 Å². The number of aromatic hydroxyl groups is 1. The zero-order valence-electron chi connectivity index (χ0n) is 15.3. The highest BCUT2D eigenvalue weighted by atomic mass is 35.5. The van der Waals surface area contributed by atoms with Crippen LogP contribution >= 0.6 is 23.2 Å². The summed E-state index contributed by atoms with van der Waals surface area (Å²) in [4.78, 5) is 4.52. The highest BCUT2D eigenvalue weighted by molar-refractivity contribution is 6.37. The molecule has 0 amide bonds. The summed E-state index contributed by atoms with van der Waals surface area (Å²) in [6.07, 6.45) is 6.74. The molecule has 144 valence electrons. The van der Waals surface area contributed by atoms with E-state index in [1.165, 1.54) is 12.8 Å². The third kappa shape index (κ3) is 3.30. The molecule has 2 fully saturated rings. The average Bonchev–Trinajstić information content (AvgIpc) is 3.04. The van der Waals surface area contributed by atoms with Crippen LogP contribution in [0.3, 0.4) is 0 Å². The van der Waals surface area contributed by atoms with Gasteiger partial charge in [0.15, 0.2) is 5.75 Å². The number of aromatic nitrogens is 1. The van der Waals surface area contributed by atoms with Crippen molar-refractivity contribution < 1.29 is 5.11 Å². The Balaban J connectivity index is 1.51. The van der Waals surface area contributed by atoms with Crippen molar-refractivity contribution in [2.45, 2.75) is 43.8 Å². The van der Waals surface area contributed by atoms with Gasteiger partial charge in [0.1, 0.15) is 0 Å². The molecule has 3 atom stereocenters. The van der Waals surface area contributed by atoms with E-state index in [1.54, 1.807) is 12.1 Å². The van der Waals surface area contributed by atoms with Gasteiger partial charge in [-0.05, 0) is 67.1 Å². The molecule has 0 spiro atoms. The summed E-state index contributed by atoms with van der Waals surface area (Å²) in [5.41, 5.74) is 3.90. The van der Waals surface area contributed by atoms with Crippen LogP contribution in [0.4, 0.5) is 5.69 Å². The smallest absolute Gasteiger partial charge is 0.152 e. The number of hydrogen-bond donors (Lipinski definition) is 3. The van der Waals surface area contributed by atoms with Gasteiger partial charge in [-0.15, -0.1) is 0 Å². The largest absolute Gasteiger partial charge is 0.505 e. The molecule has 3 heterocycles. The van der Waals surface area contributed by atoms with E-state index in [0.717, 1.165) is 40.6 Å². The minimum absolute atomic E-state index is 0.0857. The molecule has 3 aromatic rings. The van der Waals surface area contributed by atoms with E-state index < -0.39 is 0 Å². The third-order valence-corrected chi connectivity index (χ3v) is 6.50. The van der Waals surface area contributed by atoms with Gasteiger partial charge in [-0.3, -0.25) is 4.98 Å². The molecular formula is C22H21Cl2N3O. The first-order valence-electron chi connectivity index (χ1n) is 9.66. The molecule has 1 unspecified atom stereocenters. The van der Waals surface area contributed by atoms with Gasteiger partial charge in [-0.25, -0.2) is 0 Å². The highest BCUT2D eigenvalue weighted by Crippen LogP contribution is 2.38. The summed E-state index contributed by atoms with van der Waals surface area (Å²) < 4.78 is 0. The van der Waals surface area contributed by atoms with Crippen molar-refractivity contribution in [1.82, 2.24) is 10.3 Å². The number of pyridine rings is 1. The van der Waals surface area contributed by atoms with E-state index in [2.05, 4.69) is 21.7 Å². The molecule has 28 heavy (non-hydrogen) atoms. The molecule has 0 radical (unpaired) electrons. The number of rotatable bonds is 3. The number of nitrogens with zero attached hydrogens (tertiary/aromatic N) is 1. The molecule has 4 nitrogen and oxygen atoms in total. The lowest BCUT2D eigenvalue weighted by Gasteiger charge is -2.30. The van der Waals surface area contributed by atoms with Gasteiger partial charge in [0.2, 0.25) is 0 Å².